The quantitative estimate of drug-likeness (QED) is 0.473. The molecule has 1 unspecified atom stereocenters. The van der Waals surface area contributed by atoms with Crippen LogP contribution >= 0.6 is 11.3 Å². The minimum absolute atomic E-state index is 0.0936. The minimum atomic E-state index is -0.698. The van der Waals surface area contributed by atoms with Crippen molar-refractivity contribution in [2.75, 3.05) is 19.6 Å². The van der Waals surface area contributed by atoms with E-state index in [2.05, 4.69) is 4.90 Å². The van der Waals surface area contributed by atoms with Crippen LogP contribution in [-0.2, 0) is 9.53 Å². The number of hydrogen-bond acceptors (Lipinski definition) is 5. The summed E-state index contributed by atoms with van der Waals surface area (Å²) in [5.74, 6) is -0.771. The molecule has 3 saturated heterocycles. The molecule has 4 heterocycles. The average molecular weight is 265 g/mol. The van der Waals surface area contributed by atoms with Gasteiger partial charge in [0.25, 0.3) is 5.78 Å². The normalized spacial score (nSPS) is 30.1. The summed E-state index contributed by atoms with van der Waals surface area (Å²) in [5, 5.41) is 1.79. The molecule has 0 amide bonds. The minimum Gasteiger partial charge on any atom is -0.455 e. The van der Waals surface area contributed by atoms with Gasteiger partial charge in [-0.15, -0.1) is 11.3 Å². The second-order valence-corrected chi connectivity index (χ2v) is 5.84. The van der Waals surface area contributed by atoms with Crippen molar-refractivity contribution < 1.29 is 14.3 Å². The molecule has 0 spiro atoms. The van der Waals surface area contributed by atoms with Gasteiger partial charge in [0, 0.05) is 6.54 Å². The molecule has 0 aromatic carbocycles. The molecule has 96 valence electrons. The van der Waals surface area contributed by atoms with Crippen LogP contribution < -0.4 is 0 Å². The number of nitrogens with zero attached hydrogens (tertiary/aromatic N) is 1. The molecule has 1 atom stereocenters. The van der Waals surface area contributed by atoms with Crippen molar-refractivity contribution in [3.05, 3.63) is 22.4 Å². The van der Waals surface area contributed by atoms with Crippen molar-refractivity contribution in [1.29, 1.82) is 0 Å². The maximum absolute atomic E-state index is 11.8. The number of ether oxygens (including phenoxy) is 1. The molecule has 0 radical (unpaired) electrons. The number of rotatable bonds is 3. The lowest BCUT2D eigenvalue weighted by molar-refractivity contribution is -0.152. The van der Waals surface area contributed by atoms with Gasteiger partial charge in [-0.25, -0.2) is 4.79 Å². The highest BCUT2D eigenvalue weighted by atomic mass is 32.1. The summed E-state index contributed by atoms with van der Waals surface area (Å²) in [5.41, 5.74) is 0. The monoisotopic (exact) mass is 265 g/mol. The van der Waals surface area contributed by atoms with Gasteiger partial charge in [-0.3, -0.25) is 9.69 Å². The van der Waals surface area contributed by atoms with Crippen molar-refractivity contribution in [1.82, 2.24) is 4.90 Å². The van der Waals surface area contributed by atoms with Crippen LogP contribution in [0.3, 0.4) is 0 Å². The fraction of sp³-hybridized carbons (Fsp3) is 0.538. The van der Waals surface area contributed by atoms with Gasteiger partial charge in [0.1, 0.15) is 6.10 Å². The topological polar surface area (TPSA) is 46.6 Å². The number of Topliss-reactive ketones (excluding diaryl/α,β-unsaturated/α-hetero) is 1. The van der Waals surface area contributed by atoms with Crippen LogP contribution in [0.4, 0.5) is 0 Å². The summed E-state index contributed by atoms with van der Waals surface area (Å²) in [6.45, 7) is 2.98. The van der Waals surface area contributed by atoms with Crippen LogP contribution in [0.15, 0.2) is 17.5 Å². The zero-order chi connectivity index (χ0) is 12.5. The number of hydrogen-bond donors (Lipinski definition) is 0. The van der Waals surface area contributed by atoms with Crippen LogP contribution in [0.25, 0.3) is 0 Å². The van der Waals surface area contributed by atoms with Gasteiger partial charge in [0.2, 0.25) is 0 Å². The Morgan fingerprint density at radius 2 is 2.11 bits per heavy atom. The number of carbonyl (C=O) groups is 2. The first kappa shape index (κ1) is 11.9. The van der Waals surface area contributed by atoms with Gasteiger partial charge < -0.3 is 4.74 Å². The lowest BCUT2D eigenvalue weighted by Gasteiger charge is -2.43. The summed E-state index contributed by atoms with van der Waals surface area (Å²) in [4.78, 5) is 26.4. The molecule has 4 rings (SSSR count). The standard InChI is InChI=1S/C13H15NO3S/c15-12(11-2-1-7-18-11)13(16)17-10-8-14-5-3-9(10)4-6-14/h1-2,7,9-10H,3-6,8H2. The van der Waals surface area contributed by atoms with Gasteiger partial charge in [-0.05, 0) is 43.3 Å². The first-order valence-corrected chi connectivity index (χ1v) is 7.13. The van der Waals surface area contributed by atoms with Crippen molar-refractivity contribution in [2.24, 2.45) is 5.92 Å². The molecule has 0 N–H and O–H groups in total. The number of ketones is 1. The first-order valence-electron chi connectivity index (χ1n) is 6.25. The molecule has 18 heavy (non-hydrogen) atoms. The number of piperidine rings is 3. The van der Waals surface area contributed by atoms with Crippen molar-refractivity contribution in [3.8, 4) is 0 Å². The second-order valence-electron chi connectivity index (χ2n) is 4.89. The van der Waals surface area contributed by atoms with E-state index in [1.54, 1.807) is 17.5 Å². The van der Waals surface area contributed by atoms with E-state index >= 15 is 0 Å². The van der Waals surface area contributed by atoms with Crippen LogP contribution in [0.2, 0.25) is 0 Å². The molecule has 5 heteroatoms. The van der Waals surface area contributed by atoms with Crippen LogP contribution in [-0.4, -0.2) is 42.4 Å². The lowest BCUT2D eigenvalue weighted by atomic mass is 9.86. The Kier molecular flexibility index (Phi) is 3.18. The summed E-state index contributed by atoms with van der Waals surface area (Å²) in [6.07, 6.45) is 2.06. The summed E-state index contributed by atoms with van der Waals surface area (Å²) < 4.78 is 5.39. The van der Waals surface area contributed by atoms with E-state index in [9.17, 15) is 9.59 Å². The first-order chi connectivity index (χ1) is 8.74. The predicted molar refractivity (Wildman–Crippen MR) is 67.7 cm³/mol. The molecular formula is C13H15NO3S. The average Bonchev–Trinajstić information content (AvgIpc) is 2.93. The number of esters is 1. The molecule has 4 nitrogen and oxygen atoms in total. The predicted octanol–water partition coefficient (Wildman–Crippen LogP) is 1.57. The van der Waals surface area contributed by atoms with Crippen molar-refractivity contribution in [2.45, 2.75) is 18.9 Å². The summed E-state index contributed by atoms with van der Waals surface area (Å²) in [6, 6.07) is 3.42. The van der Waals surface area contributed by atoms with E-state index in [1.165, 1.54) is 11.3 Å². The van der Waals surface area contributed by atoms with Crippen LogP contribution in [0.1, 0.15) is 22.5 Å². The zero-order valence-electron chi connectivity index (χ0n) is 10.0. The third-order valence-corrected chi connectivity index (χ3v) is 4.65. The second kappa shape index (κ2) is 4.82. The summed E-state index contributed by atoms with van der Waals surface area (Å²) >= 11 is 1.28. The Morgan fingerprint density at radius 3 is 2.67 bits per heavy atom. The van der Waals surface area contributed by atoms with Crippen LogP contribution in [0, 0.1) is 5.92 Å². The Bertz CT molecular complexity index is 449. The molecule has 0 saturated carbocycles. The molecule has 3 aliphatic heterocycles. The highest BCUT2D eigenvalue weighted by molar-refractivity contribution is 7.12. The Balaban J connectivity index is 1.63. The third kappa shape index (κ3) is 2.20. The Hall–Kier alpha value is -1.20. The van der Waals surface area contributed by atoms with E-state index in [-0.39, 0.29) is 6.10 Å². The van der Waals surface area contributed by atoms with Gasteiger partial charge in [0.05, 0.1) is 4.88 Å². The van der Waals surface area contributed by atoms with Gasteiger partial charge >= 0.3 is 5.97 Å². The fourth-order valence-corrected chi connectivity index (χ4v) is 3.39. The maximum atomic E-state index is 11.8. The van der Waals surface area contributed by atoms with E-state index in [0.717, 1.165) is 32.5 Å². The number of fused-ring (bicyclic) bond motifs is 3. The van der Waals surface area contributed by atoms with Crippen molar-refractivity contribution in [3.63, 3.8) is 0 Å². The molecular weight excluding hydrogens is 250 g/mol. The van der Waals surface area contributed by atoms with E-state index < -0.39 is 11.8 Å². The van der Waals surface area contributed by atoms with E-state index in [1.807, 2.05) is 0 Å². The van der Waals surface area contributed by atoms with Gasteiger partial charge in [-0.2, -0.15) is 0 Å². The number of thiophene rings is 1. The largest absolute Gasteiger partial charge is 0.455 e. The van der Waals surface area contributed by atoms with Gasteiger partial charge in [-0.1, -0.05) is 6.07 Å². The molecule has 1 aromatic heterocycles. The summed E-state index contributed by atoms with van der Waals surface area (Å²) in [7, 11) is 0. The zero-order valence-corrected chi connectivity index (χ0v) is 10.8. The fourth-order valence-electron chi connectivity index (χ4n) is 2.74. The lowest BCUT2D eigenvalue weighted by Crippen LogP contribution is -2.52. The molecule has 2 bridgehead atoms. The maximum Gasteiger partial charge on any atom is 0.380 e. The Labute approximate surface area is 110 Å². The number of carbonyl (C=O) groups excluding carboxylic acids is 2. The van der Waals surface area contributed by atoms with E-state index in [4.69, 9.17) is 4.74 Å². The molecule has 3 aliphatic rings. The smallest absolute Gasteiger partial charge is 0.380 e. The highest BCUT2D eigenvalue weighted by Crippen LogP contribution is 2.29. The van der Waals surface area contributed by atoms with Crippen LogP contribution in [0.5, 0.6) is 0 Å². The molecule has 3 fully saturated rings. The molecule has 1 aromatic rings. The Morgan fingerprint density at radius 1 is 1.33 bits per heavy atom. The highest BCUT2D eigenvalue weighted by Gasteiger charge is 2.37. The van der Waals surface area contributed by atoms with E-state index in [0.29, 0.717) is 10.8 Å². The van der Waals surface area contributed by atoms with Crippen molar-refractivity contribution >= 4 is 23.1 Å². The SMILES string of the molecule is O=C(OC1CN2CCC1CC2)C(=O)c1cccs1. The third-order valence-electron chi connectivity index (χ3n) is 3.78. The van der Waals surface area contributed by atoms with Gasteiger partial charge in [0.15, 0.2) is 0 Å². The molecule has 0 aliphatic carbocycles.